The van der Waals surface area contributed by atoms with Gasteiger partial charge in [-0.15, -0.1) is 0 Å². The van der Waals surface area contributed by atoms with Gasteiger partial charge in [-0.2, -0.15) is 4.98 Å². The Balaban J connectivity index is 1.40. The highest BCUT2D eigenvalue weighted by Gasteiger charge is 2.48. The highest BCUT2D eigenvalue weighted by atomic mass is 16.6. The van der Waals surface area contributed by atoms with Gasteiger partial charge in [0.05, 0.1) is 40.4 Å². The first-order valence-electron chi connectivity index (χ1n) is 16.9. The Morgan fingerprint density at radius 2 is 1.56 bits per heavy atom. The number of carbonyl (C=O) groups is 1. The molecule has 2 aromatic heterocycles. The van der Waals surface area contributed by atoms with E-state index in [4.69, 9.17) is 28.4 Å². The van der Waals surface area contributed by atoms with E-state index in [1.54, 1.807) is 35.2 Å². The lowest BCUT2D eigenvalue weighted by Gasteiger charge is -2.37. The number of hydrogen-bond donors (Lipinski definition) is 3. The van der Waals surface area contributed by atoms with E-state index in [9.17, 15) is 14.7 Å². The second kappa shape index (κ2) is 16.0. The summed E-state index contributed by atoms with van der Waals surface area (Å²) in [5.74, 6) is 0.638. The first-order valence-corrected chi connectivity index (χ1v) is 16.9. The summed E-state index contributed by atoms with van der Waals surface area (Å²) in [5.41, 5.74) is 0.875. The maximum atomic E-state index is 13.0. The lowest BCUT2D eigenvalue weighted by molar-refractivity contribution is -0.118. The highest BCUT2D eigenvalue weighted by Crippen LogP contribution is 2.43. The lowest BCUT2D eigenvalue weighted by atomic mass is 9.80. The van der Waals surface area contributed by atoms with Crippen LogP contribution in [0.3, 0.4) is 0 Å². The van der Waals surface area contributed by atoms with Crippen LogP contribution >= 0.6 is 0 Å². The molecule has 4 atom stereocenters. The number of nitrogens with zero attached hydrogens (tertiary/aromatic N) is 3. The smallest absolute Gasteiger partial charge is 0.280 e. The Morgan fingerprint density at radius 3 is 2.13 bits per heavy atom. The number of fused-ring (bicyclic) bond motifs is 1. The van der Waals surface area contributed by atoms with Gasteiger partial charge in [0.2, 0.25) is 11.9 Å². The summed E-state index contributed by atoms with van der Waals surface area (Å²) >= 11 is 0. The van der Waals surface area contributed by atoms with Gasteiger partial charge in [0.15, 0.2) is 17.4 Å². The number of aliphatic hydroxyl groups excluding tert-OH is 1. The van der Waals surface area contributed by atoms with Crippen LogP contribution < -0.4 is 20.3 Å². The standard InChI is InChI=1S/C38H43N5O9/c1-23(2)34(45)41-37-40-33-30(35(46)42-37)39-22-43(33)36-31(44)32(50-20-19-47-3)29(52-36)21-51-38(24-9-7-6-8-10-24,25-11-15-27(48-4)16-12-25)26-13-17-28(49-5)18-14-26/h6-18,22-23,29,31-32,36,44H,19-21H2,1-5H3,(H2,40,41,42,45,46)/t29-,31+,32?,36-/m1/s1. The van der Waals surface area contributed by atoms with Crippen molar-refractivity contribution in [2.75, 3.05) is 46.5 Å². The molecule has 6 rings (SSSR count). The molecule has 1 aliphatic rings. The van der Waals surface area contributed by atoms with Crippen molar-refractivity contribution in [3.05, 3.63) is 112 Å². The number of anilines is 1. The number of rotatable bonds is 15. The van der Waals surface area contributed by atoms with Gasteiger partial charge in [-0.1, -0.05) is 68.4 Å². The van der Waals surface area contributed by atoms with Crippen molar-refractivity contribution in [1.29, 1.82) is 0 Å². The predicted molar refractivity (Wildman–Crippen MR) is 191 cm³/mol. The van der Waals surface area contributed by atoms with E-state index in [1.165, 1.54) is 10.9 Å². The number of amides is 1. The molecular weight excluding hydrogens is 670 g/mol. The number of imidazole rings is 1. The van der Waals surface area contributed by atoms with E-state index in [0.717, 1.165) is 16.7 Å². The fourth-order valence-electron chi connectivity index (χ4n) is 6.27. The normalized spacial score (nSPS) is 18.9. The molecule has 14 heteroatoms. The van der Waals surface area contributed by atoms with Crippen LogP contribution in [-0.2, 0) is 29.3 Å². The van der Waals surface area contributed by atoms with Crippen molar-refractivity contribution in [3.8, 4) is 11.5 Å². The topological polar surface area (TPSA) is 168 Å². The zero-order valence-electron chi connectivity index (χ0n) is 29.6. The molecule has 1 fully saturated rings. The van der Waals surface area contributed by atoms with Gasteiger partial charge < -0.3 is 33.5 Å². The van der Waals surface area contributed by atoms with E-state index in [2.05, 4.69) is 20.3 Å². The summed E-state index contributed by atoms with van der Waals surface area (Å²) in [6.45, 7) is 3.84. The Morgan fingerprint density at radius 1 is 0.942 bits per heavy atom. The summed E-state index contributed by atoms with van der Waals surface area (Å²) in [5, 5.41) is 14.4. The fourth-order valence-corrected chi connectivity index (χ4v) is 6.27. The minimum atomic E-state index is -1.24. The molecule has 0 aliphatic carbocycles. The maximum absolute atomic E-state index is 13.0. The molecule has 0 spiro atoms. The number of aromatic amines is 1. The van der Waals surface area contributed by atoms with Crippen LogP contribution in [0.1, 0.15) is 36.8 Å². The second-order valence-electron chi connectivity index (χ2n) is 12.6. The van der Waals surface area contributed by atoms with Gasteiger partial charge in [0, 0.05) is 13.0 Å². The number of carbonyl (C=O) groups excluding carboxylic acids is 1. The zero-order chi connectivity index (χ0) is 36.8. The monoisotopic (exact) mass is 713 g/mol. The van der Waals surface area contributed by atoms with Crippen LogP contribution in [0.4, 0.5) is 5.95 Å². The minimum Gasteiger partial charge on any atom is -0.497 e. The molecule has 0 bridgehead atoms. The fraction of sp³-hybridized carbons (Fsp3) is 0.368. The summed E-state index contributed by atoms with van der Waals surface area (Å²) in [6, 6.07) is 25.1. The number of benzene rings is 3. The van der Waals surface area contributed by atoms with E-state index in [-0.39, 0.29) is 48.8 Å². The van der Waals surface area contributed by atoms with Gasteiger partial charge in [0.1, 0.15) is 35.4 Å². The van der Waals surface area contributed by atoms with Crippen LogP contribution in [0, 0.1) is 5.92 Å². The number of H-pyrrole nitrogens is 1. The molecule has 0 saturated carbocycles. The van der Waals surface area contributed by atoms with Gasteiger partial charge in [-0.3, -0.25) is 24.5 Å². The molecule has 3 N–H and O–H groups in total. The average molecular weight is 714 g/mol. The lowest BCUT2D eigenvalue weighted by Crippen LogP contribution is -2.41. The predicted octanol–water partition coefficient (Wildman–Crippen LogP) is 4.03. The van der Waals surface area contributed by atoms with Crippen LogP contribution in [0.2, 0.25) is 0 Å². The number of ether oxygens (including phenoxy) is 6. The Kier molecular flexibility index (Phi) is 11.3. The number of methoxy groups -OCH3 is 3. The number of aromatic nitrogens is 4. The molecular formula is C38H43N5O9. The van der Waals surface area contributed by atoms with E-state index in [0.29, 0.717) is 11.5 Å². The molecule has 274 valence electrons. The van der Waals surface area contributed by atoms with E-state index in [1.807, 2.05) is 78.9 Å². The van der Waals surface area contributed by atoms with Crippen molar-refractivity contribution < 1.29 is 38.3 Å². The summed E-state index contributed by atoms with van der Waals surface area (Å²) in [6.07, 6.45) is -2.67. The van der Waals surface area contributed by atoms with Crippen LogP contribution in [0.5, 0.6) is 11.5 Å². The molecule has 3 aromatic carbocycles. The number of nitrogens with one attached hydrogen (secondary N) is 2. The molecule has 1 unspecified atom stereocenters. The van der Waals surface area contributed by atoms with Crippen molar-refractivity contribution in [3.63, 3.8) is 0 Å². The summed E-state index contributed by atoms with van der Waals surface area (Å²) in [7, 11) is 4.78. The van der Waals surface area contributed by atoms with E-state index >= 15 is 0 Å². The Hall–Kier alpha value is -5.12. The van der Waals surface area contributed by atoms with Crippen LogP contribution in [0.25, 0.3) is 11.2 Å². The zero-order valence-corrected chi connectivity index (χ0v) is 29.6. The molecule has 0 radical (unpaired) electrons. The van der Waals surface area contributed by atoms with Gasteiger partial charge in [-0.05, 0) is 41.0 Å². The first kappa shape index (κ1) is 36.7. The number of aliphatic hydroxyl groups is 1. The molecule has 52 heavy (non-hydrogen) atoms. The number of hydrogen-bond acceptors (Lipinski definition) is 11. The molecule has 1 saturated heterocycles. The van der Waals surface area contributed by atoms with Gasteiger partial charge in [-0.25, -0.2) is 4.98 Å². The quantitative estimate of drug-likeness (QED) is 0.106. The third-order valence-corrected chi connectivity index (χ3v) is 9.02. The summed E-state index contributed by atoms with van der Waals surface area (Å²) < 4.78 is 37.5. The minimum absolute atomic E-state index is 0.0111. The third-order valence-electron chi connectivity index (χ3n) is 9.02. The maximum Gasteiger partial charge on any atom is 0.280 e. The van der Waals surface area contributed by atoms with E-state index < -0.39 is 35.7 Å². The SMILES string of the molecule is COCCOC1[C@@H](COC(c2ccccc2)(c2ccc(OC)cc2)c2ccc(OC)cc2)O[C@@H](n2cnc3c(=O)[nH]c(NC(=O)C(C)C)nc32)[C@H]1O. The third kappa shape index (κ3) is 7.29. The van der Waals surface area contributed by atoms with Gasteiger partial charge in [0.25, 0.3) is 5.56 Å². The van der Waals surface area contributed by atoms with Crippen LogP contribution in [0.15, 0.2) is 90.0 Å². The second-order valence-corrected chi connectivity index (χ2v) is 12.6. The van der Waals surface area contributed by atoms with Crippen molar-refractivity contribution in [1.82, 2.24) is 19.5 Å². The Bertz CT molecular complexity index is 1950. The van der Waals surface area contributed by atoms with Crippen molar-refractivity contribution in [2.24, 2.45) is 5.92 Å². The summed E-state index contributed by atoms with van der Waals surface area (Å²) in [4.78, 5) is 36.6. The van der Waals surface area contributed by atoms with Crippen molar-refractivity contribution >= 4 is 23.0 Å². The molecule has 1 amide bonds. The molecule has 3 heterocycles. The van der Waals surface area contributed by atoms with Crippen LogP contribution in [-0.4, -0.2) is 90.0 Å². The van der Waals surface area contributed by atoms with Gasteiger partial charge >= 0.3 is 0 Å². The Labute approximate surface area is 300 Å². The molecule has 14 nitrogen and oxygen atoms in total. The first-order chi connectivity index (χ1) is 25.2. The molecule has 5 aromatic rings. The average Bonchev–Trinajstić information content (AvgIpc) is 3.73. The highest BCUT2D eigenvalue weighted by molar-refractivity contribution is 5.91. The largest absolute Gasteiger partial charge is 0.497 e. The molecule has 1 aliphatic heterocycles. The van der Waals surface area contributed by atoms with Crippen molar-refractivity contribution in [2.45, 2.75) is 44.0 Å².